The third kappa shape index (κ3) is 12.2. The number of nitrogens with zero attached hydrogens (tertiary/aromatic N) is 2. The van der Waals surface area contributed by atoms with Gasteiger partial charge in [0.1, 0.15) is 44.7 Å². The number of anilines is 6. The summed E-state index contributed by atoms with van der Waals surface area (Å²) in [4.78, 5) is 4.77. The number of furan rings is 4. The van der Waals surface area contributed by atoms with Crippen LogP contribution in [0.5, 0.6) is 0 Å². The predicted molar refractivity (Wildman–Crippen MR) is 534 cm³/mol. The van der Waals surface area contributed by atoms with Crippen LogP contribution in [0.2, 0.25) is 0 Å². The molecule has 6 heteroatoms. The van der Waals surface area contributed by atoms with Crippen molar-refractivity contribution in [3.05, 3.63) is 447 Å². The van der Waals surface area contributed by atoms with Crippen LogP contribution in [0, 0.1) is 0 Å². The van der Waals surface area contributed by atoms with Crippen molar-refractivity contribution in [1.82, 2.24) is 0 Å². The lowest BCUT2D eigenvalue weighted by Crippen LogP contribution is -2.16. The summed E-state index contributed by atoms with van der Waals surface area (Å²) in [5.74, 6) is 0. The van der Waals surface area contributed by atoms with Crippen LogP contribution in [-0.4, -0.2) is 0 Å². The fourth-order valence-electron chi connectivity index (χ4n) is 20.6. The lowest BCUT2D eigenvalue weighted by atomic mass is 9.81. The van der Waals surface area contributed by atoms with E-state index in [0.717, 1.165) is 177 Å². The summed E-state index contributed by atoms with van der Waals surface area (Å²) in [7, 11) is 0. The van der Waals surface area contributed by atoms with Crippen LogP contribution in [0.25, 0.3) is 198 Å². The monoisotopic (exact) mass is 1640 g/mol. The Kier molecular flexibility index (Phi) is 17.0. The van der Waals surface area contributed by atoms with Gasteiger partial charge in [0.15, 0.2) is 0 Å². The Bertz CT molecular complexity index is 8250. The zero-order chi connectivity index (χ0) is 85.0. The molecule has 6 nitrogen and oxygen atoms in total. The van der Waals surface area contributed by atoms with E-state index in [-0.39, 0.29) is 10.8 Å². The molecule has 2 aliphatic rings. The topological polar surface area (TPSA) is 59.0 Å². The molecule has 20 aromatic carbocycles. The zero-order valence-corrected chi connectivity index (χ0v) is 70.9. The third-order valence-electron chi connectivity index (χ3n) is 27.4. The highest BCUT2D eigenvalue weighted by atomic mass is 16.3. The Morgan fingerprint density at radius 1 is 0.164 bits per heavy atom. The minimum atomic E-state index is -0.200. The quantitative estimate of drug-likeness (QED) is 0.121. The first-order chi connectivity index (χ1) is 62.9. The van der Waals surface area contributed by atoms with Gasteiger partial charge < -0.3 is 27.5 Å². The van der Waals surface area contributed by atoms with Gasteiger partial charge in [-0.3, -0.25) is 0 Å². The maximum Gasteiger partial charge on any atom is 0.143 e. The van der Waals surface area contributed by atoms with E-state index in [1.54, 1.807) is 0 Å². The number of fused-ring (bicyclic) bond motifs is 22. The molecule has 4 aromatic heterocycles. The third-order valence-corrected chi connectivity index (χ3v) is 27.4. The maximum absolute atomic E-state index is 6.59. The first-order valence-corrected chi connectivity index (χ1v) is 44.1. The summed E-state index contributed by atoms with van der Waals surface area (Å²) in [5, 5.41) is 13.7. The van der Waals surface area contributed by atoms with Crippen LogP contribution < -0.4 is 9.80 Å². The molecule has 0 aliphatic heterocycles. The van der Waals surface area contributed by atoms with Crippen molar-refractivity contribution in [2.24, 2.45) is 0 Å². The molecule has 4 heterocycles. The van der Waals surface area contributed by atoms with Gasteiger partial charge in [-0.15, -0.1) is 0 Å². The van der Waals surface area contributed by atoms with Gasteiger partial charge in [0.25, 0.3) is 0 Å². The van der Waals surface area contributed by atoms with Crippen LogP contribution in [0.15, 0.2) is 442 Å². The van der Waals surface area contributed by atoms with Crippen LogP contribution in [0.3, 0.4) is 0 Å². The molecular weight excluding hydrogens is 1560 g/mol. The Balaban J connectivity index is 0.000000140. The summed E-state index contributed by atoms with van der Waals surface area (Å²) in [6, 6.07) is 154. The molecule has 26 rings (SSSR count). The van der Waals surface area contributed by atoms with E-state index in [1.165, 1.54) is 77.5 Å². The molecule has 128 heavy (non-hydrogen) atoms. The van der Waals surface area contributed by atoms with Crippen LogP contribution >= 0.6 is 0 Å². The Hall–Kier alpha value is -16.3. The van der Waals surface area contributed by atoms with Gasteiger partial charge >= 0.3 is 0 Å². The molecule has 0 amide bonds. The normalized spacial score (nSPS) is 13.0. The molecule has 0 fully saturated rings. The maximum atomic E-state index is 6.59. The van der Waals surface area contributed by atoms with Gasteiger partial charge in [0.2, 0.25) is 0 Å². The summed E-state index contributed by atoms with van der Waals surface area (Å²) in [5.41, 5.74) is 38.0. The number of benzene rings is 20. The lowest BCUT2D eigenvalue weighted by Gasteiger charge is -2.28. The number of hydrogen-bond donors (Lipinski definition) is 0. The van der Waals surface area contributed by atoms with Crippen molar-refractivity contribution in [3.8, 4) is 89.0 Å². The number of para-hydroxylation sites is 2. The number of rotatable bonds is 12. The largest absolute Gasteiger partial charge is 0.456 e. The molecule has 0 atom stereocenters. The fraction of sp³-hybridized carbons (Fsp3) is 0.0492. The van der Waals surface area contributed by atoms with E-state index in [2.05, 4.69) is 438 Å². The molecule has 0 unspecified atom stereocenters. The fourth-order valence-corrected chi connectivity index (χ4v) is 20.6. The molecule has 604 valence electrons. The second kappa shape index (κ2) is 29.2. The van der Waals surface area contributed by atoms with Crippen molar-refractivity contribution in [2.75, 3.05) is 9.80 Å². The summed E-state index contributed by atoms with van der Waals surface area (Å²) >= 11 is 0. The van der Waals surface area contributed by atoms with Crippen LogP contribution in [-0.2, 0) is 10.8 Å². The average molecular weight is 1640 g/mol. The highest BCUT2D eigenvalue weighted by molar-refractivity contribution is 6.17. The number of hydrogen-bond acceptors (Lipinski definition) is 6. The second-order valence-corrected chi connectivity index (χ2v) is 35.4. The van der Waals surface area contributed by atoms with E-state index < -0.39 is 0 Å². The Morgan fingerprint density at radius 3 is 0.766 bits per heavy atom. The minimum Gasteiger partial charge on any atom is -0.456 e. The van der Waals surface area contributed by atoms with Crippen molar-refractivity contribution < 1.29 is 17.7 Å². The van der Waals surface area contributed by atoms with Crippen molar-refractivity contribution in [2.45, 2.75) is 38.5 Å². The second-order valence-electron chi connectivity index (χ2n) is 35.4. The molecule has 0 N–H and O–H groups in total. The smallest absolute Gasteiger partial charge is 0.143 e. The Labute approximate surface area is 740 Å². The molecule has 0 saturated carbocycles. The molecule has 0 bridgehead atoms. The highest BCUT2D eigenvalue weighted by Crippen LogP contribution is 2.55. The lowest BCUT2D eigenvalue weighted by molar-refractivity contribution is 0.660. The molecule has 0 spiro atoms. The predicted octanol–water partition coefficient (Wildman–Crippen LogP) is 34.8. The molecule has 0 saturated heterocycles. The summed E-state index contributed by atoms with van der Waals surface area (Å²) < 4.78 is 25.7. The van der Waals surface area contributed by atoms with Crippen molar-refractivity contribution >= 4 is 143 Å². The van der Waals surface area contributed by atoms with Gasteiger partial charge in [-0.05, 0) is 280 Å². The van der Waals surface area contributed by atoms with Gasteiger partial charge in [0.05, 0.1) is 0 Å². The van der Waals surface area contributed by atoms with E-state index in [4.69, 9.17) is 17.7 Å². The summed E-state index contributed by atoms with van der Waals surface area (Å²) in [6.45, 7) is 9.46. The van der Waals surface area contributed by atoms with Crippen LogP contribution in [0.1, 0.15) is 49.9 Å². The first kappa shape index (κ1) is 74.4. The average Bonchev–Trinajstić information content (AvgIpc) is 1.57. The SMILES string of the molecule is CC1(C)c2cc(-c3ccccc3)ccc2-c2ccc(N(c3ccc(-c4ccc5c(c4)oc4c6ccccc6ccc54)cc3)c3ccc(-c4ccc5c(c4)oc4c6ccccc6ccc54)cc3)cc21.CC1(C)c2cc(-c3ccccc3)ccc2-c2ccc(N(c3ccc(-c4ccc5c(c4)oc4ccccc45)cc3)c3ccc(-c4ccc5c(c4)oc4ccccc45)cc3)cc21. The summed E-state index contributed by atoms with van der Waals surface area (Å²) in [6.07, 6.45) is 0. The van der Waals surface area contributed by atoms with Crippen molar-refractivity contribution in [1.29, 1.82) is 0 Å². The minimum absolute atomic E-state index is 0.185. The van der Waals surface area contributed by atoms with Gasteiger partial charge in [0, 0.05) is 98.8 Å². The van der Waals surface area contributed by atoms with E-state index in [0.29, 0.717) is 0 Å². The molecule has 24 aromatic rings. The van der Waals surface area contributed by atoms with E-state index in [9.17, 15) is 0 Å². The van der Waals surface area contributed by atoms with E-state index in [1.807, 2.05) is 24.3 Å². The van der Waals surface area contributed by atoms with Crippen LogP contribution in [0.4, 0.5) is 34.1 Å². The zero-order valence-electron chi connectivity index (χ0n) is 70.9. The van der Waals surface area contributed by atoms with Gasteiger partial charge in [-0.2, -0.15) is 0 Å². The molecular formula is C122H82N2O4. The first-order valence-electron chi connectivity index (χ1n) is 44.1. The van der Waals surface area contributed by atoms with Gasteiger partial charge in [-0.1, -0.05) is 295 Å². The van der Waals surface area contributed by atoms with Crippen molar-refractivity contribution in [3.63, 3.8) is 0 Å². The molecule has 2 aliphatic carbocycles. The standard InChI is InChI=1S/C65H43NO2.C57H39NO2/c1-65(2)59-36-45(40-10-4-3-5-11-40)22-30-53(59)54-35-29-50(39-60(54)65)66(48-25-16-41(17-26-48)46-23-31-55-57-33-20-43-12-6-8-14-51(43)63(57)67-61(55)37-46)49-27-18-42(19-28-49)47-24-32-56-58-34-21-44-13-7-9-15-52(44)64(58)68-62(56)38-47;1-57(2)51-32-39(36-10-4-3-5-11-36)20-28-45(51)46-31-27-44(35-52(46)57)58(42-23-16-37(17-24-42)40-21-29-49-47-12-6-8-14-53(47)59-55(49)33-40)43-25-18-38(19-26-43)41-22-30-50-48-13-7-9-15-54(48)60-56(50)34-41/h3-39H,1-2H3;3-35H,1-2H3. The van der Waals surface area contributed by atoms with Gasteiger partial charge in [-0.25, -0.2) is 0 Å². The van der Waals surface area contributed by atoms with E-state index >= 15 is 0 Å². The molecule has 0 radical (unpaired) electrons. The highest BCUT2D eigenvalue weighted by Gasteiger charge is 2.39. The Morgan fingerprint density at radius 2 is 0.406 bits per heavy atom.